The summed E-state index contributed by atoms with van der Waals surface area (Å²) < 4.78 is 3.68. The molecule has 1 saturated carbocycles. The van der Waals surface area contributed by atoms with E-state index in [4.69, 9.17) is 0 Å². The molecule has 1 aliphatic carbocycles. The summed E-state index contributed by atoms with van der Waals surface area (Å²) in [6, 6.07) is 0.477. The van der Waals surface area contributed by atoms with Crippen LogP contribution >= 0.6 is 0 Å². The molecule has 1 aliphatic rings. The van der Waals surface area contributed by atoms with Crippen LogP contribution in [0.5, 0.6) is 0 Å². The van der Waals surface area contributed by atoms with Crippen molar-refractivity contribution < 1.29 is 0 Å². The molecule has 0 spiro atoms. The lowest BCUT2D eigenvalue weighted by molar-refractivity contribution is 0.421. The molecule has 0 radical (unpaired) electrons. The predicted octanol–water partition coefficient (Wildman–Crippen LogP) is 0.536. The van der Waals surface area contributed by atoms with Gasteiger partial charge in [-0.25, -0.2) is 9.36 Å². The first kappa shape index (κ1) is 13.2. The Morgan fingerprint density at radius 1 is 1.25 bits per heavy atom. The summed E-state index contributed by atoms with van der Waals surface area (Å²) in [6.45, 7) is 7.65. The molecule has 0 saturated heterocycles. The fourth-order valence-electron chi connectivity index (χ4n) is 1.92. The second-order valence-corrected chi connectivity index (χ2v) is 6.28. The lowest BCUT2D eigenvalue weighted by Crippen LogP contribution is -2.35. The lowest BCUT2D eigenvalue weighted by Gasteiger charge is -2.19. The van der Waals surface area contributed by atoms with E-state index < -0.39 is 0 Å². The van der Waals surface area contributed by atoms with Crippen molar-refractivity contribution in [2.75, 3.05) is 0 Å². The second-order valence-electron chi connectivity index (χ2n) is 6.28. The van der Waals surface area contributed by atoms with Gasteiger partial charge in [0.05, 0.1) is 17.9 Å². The summed E-state index contributed by atoms with van der Waals surface area (Å²) >= 11 is 0. The average Bonchev–Trinajstić information content (AvgIpc) is 2.95. The zero-order chi connectivity index (χ0) is 14.2. The topological polar surface area (TPSA) is 86.3 Å². The average molecular weight is 276 g/mol. The van der Waals surface area contributed by atoms with Crippen molar-refractivity contribution in [1.29, 1.82) is 0 Å². The summed E-state index contributed by atoms with van der Waals surface area (Å²) in [5.41, 5.74) is 0.991. The van der Waals surface area contributed by atoms with Gasteiger partial charge >= 0.3 is 0 Å². The van der Waals surface area contributed by atoms with E-state index in [1.54, 1.807) is 4.68 Å². The van der Waals surface area contributed by atoms with E-state index in [1.165, 1.54) is 0 Å². The SMILES string of the molecule is CC(C)(C)NCc1cn(Cc2nnnn2C2CC2)nn1. The van der Waals surface area contributed by atoms with Crippen LogP contribution in [0.2, 0.25) is 0 Å². The van der Waals surface area contributed by atoms with Crippen molar-refractivity contribution in [3.8, 4) is 0 Å². The lowest BCUT2D eigenvalue weighted by atomic mass is 10.1. The van der Waals surface area contributed by atoms with E-state index in [2.05, 4.69) is 51.9 Å². The van der Waals surface area contributed by atoms with Gasteiger partial charge in [-0.15, -0.1) is 10.2 Å². The summed E-state index contributed by atoms with van der Waals surface area (Å²) in [6.07, 6.45) is 4.26. The smallest absolute Gasteiger partial charge is 0.173 e. The van der Waals surface area contributed by atoms with Gasteiger partial charge in [-0.2, -0.15) is 0 Å². The molecule has 108 valence electrons. The molecule has 0 atom stereocenters. The molecular formula is C12H20N8. The number of hydrogen-bond acceptors (Lipinski definition) is 6. The van der Waals surface area contributed by atoms with Crippen LogP contribution in [-0.4, -0.2) is 40.7 Å². The quantitative estimate of drug-likeness (QED) is 0.857. The Morgan fingerprint density at radius 2 is 2.05 bits per heavy atom. The maximum atomic E-state index is 4.16. The van der Waals surface area contributed by atoms with E-state index in [-0.39, 0.29) is 5.54 Å². The molecule has 3 rings (SSSR count). The number of aromatic nitrogens is 7. The minimum absolute atomic E-state index is 0.0693. The first-order valence-corrected chi connectivity index (χ1v) is 6.92. The fraction of sp³-hybridized carbons (Fsp3) is 0.750. The van der Waals surface area contributed by atoms with Crippen molar-refractivity contribution in [2.45, 2.75) is 58.3 Å². The van der Waals surface area contributed by atoms with Gasteiger partial charge in [0.15, 0.2) is 5.82 Å². The minimum atomic E-state index is 0.0693. The Hall–Kier alpha value is -1.83. The maximum Gasteiger partial charge on any atom is 0.173 e. The first-order chi connectivity index (χ1) is 9.51. The maximum absolute atomic E-state index is 4.16. The highest BCUT2D eigenvalue weighted by Gasteiger charge is 2.27. The number of hydrogen-bond donors (Lipinski definition) is 1. The summed E-state index contributed by atoms with van der Waals surface area (Å²) in [5.74, 6) is 0.840. The standard InChI is InChI=1S/C12H20N8/c1-12(2,3)13-6-9-7-19(17-14-9)8-11-15-16-18-20(11)10-4-5-10/h7,10,13H,4-6,8H2,1-3H3. The molecule has 0 amide bonds. The Balaban J connectivity index is 1.63. The molecule has 0 aliphatic heterocycles. The highest BCUT2D eigenvalue weighted by atomic mass is 15.6. The van der Waals surface area contributed by atoms with Crippen molar-refractivity contribution in [3.05, 3.63) is 17.7 Å². The minimum Gasteiger partial charge on any atom is -0.306 e. The van der Waals surface area contributed by atoms with Gasteiger partial charge < -0.3 is 5.32 Å². The normalized spacial score (nSPS) is 15.8. The third-order valence-electron chi connectivity index (χ3n) is 3.14. The van der Waals surface area contributed by atoms with Crippen molar-refractivity contribution >= 4 is 0 Å². The van der Waals surface area contributed by atoms with Gasteiger partial charge in [0.2, 0.25) is 0 Å². The zero-order valence-corrected chi connectivity index (χ0v) is 12.1. The molecule has 2 aromatic heterocycles. The number of nitrogens with zero attached hydrogens (tertiary/aromatic N) is 7. The molecule has 0 bridgehead atoms. The van der Waals surface area contributed by atoms with Gasteiger partial charge in [-0.3, -0.25) is 0 Å². The molecular weight excluding hydrogens is 256 g/mol. The number of rotatable bonds is 5. The van der Waals surface area contributed by atoms with Crippen LogP contribution in [0, 0.1) is 0 Å². The van der Waals surface area contributed by atoms with Gasteiger partial charge in [-0.1, -0.05) is 5.21 Å². The third kappa shape index (κ3) is 3.19. The van der Waals surface area contributed by atoms with E-state index >= 15 is 0 Å². The third-order valence-corrected chi connectivity index (χ3v) is 3.14. The van der Waals surface area contributed by atoms with Crippen LogP contribution in [0.4, 0.5) is 0 Å². The molecule has 2 heterocycles. The Labute approximate surface area is 117 Å². The molecule has 0 unspecified atom stereocenters. The largest absolute Gasteiger partial charge is 0.306 e. The van der Waals surface area contributed by atoms with Crippen LogP contribution in [0.25, 0.3) is 0 Å². The summed E-state index contributed by atoms with van der Waals surface area (Å²) in [4.78, 5) is 0. The van der Waals surface area contributed by atoms with Crippen LogP contribution in [-0.2, 0) is 13.1 Å². The molecule has 1 fully saturated rings. The molecule has 20 heavy (non-hydrogen) atoms. The highest BCUT2D eigenvalue weighted by Crippen LogP contribution is 2.34. The molecule has 8 nitrogen and oxygen atoms in total. The Morgan fingerprint density at radius 3 is 2.75 bits per heavy atom. The van der Waals surface area contributed by atoms with Gasteiger partial charge in [0.1, 0.15) is 6.54 Å². The van der Waals surface area contributed by atoms with E-state index in [9.17, 15) is 0 Å². The van der Waals surface area contributed by atoms with Crippen LogP contribution in [0.1, 0.15) is 51.2 Å². The molecule has 1 N–H and O–H groups in total. The predicted molar refractivity (Wildman–Crippen MR) is 71.8 cm³/mol. The number of nitrogens with one attached hydrogen (secondary N) is 1. The van der Waals surface area contributed by atoms with Crippen LogP contribution < -0.4 is 5.32 Å². The molecule has 2 aromatic rings. The number of tetrazole rings is 1. The van der Waals surface area contributed by atoms with Gasteiger partial charge in [-0.05, 0) is 44.0 Å². The zero-order valence-electron chi connectivity index (χ0n) is 12.1. The van der Waals surface area contributed by atoms with Crippen LogP contribution in [0.15, 0.2) is 6.20 Å². The van der Waals surface area contributed by atoms with E-state index in [0.29, 0.717) is 19.1 Å². The monoisotopic (exact) mass is 276 g/mol. The second kappa shape index (κ2) is 4.93. The van der Waals surface area contributed by atoms with E-state index in [0.717, 1.165) is 24.4 Å². The van der Waals surface area contributed by atoms with Crippen LogP contribution in [0.3, 0.4) is 0 Å². The van der Waals surface area contributed by atoms with E-state index in [1.807, 2.05) is 10.9 Å². The highest BCUT2D eigenvalue weighted by molar-refractivity contribution is 4.96. The molecule has 0 aromatic carbocycles. The summed E-state index contributed by atoms with van der Waals surface area (Å²) in [7, 11) is 0. The van der Waals surface area contributed by atoms with Crippen molar-refractivity contribution in [1.82, 2.24) is 40.5 Å². The first-order valence-electron chi connectivity index (χ1n) is 6.92. The van der Waals surface area contributed by atoms with Crippen molar-refractivity contribution in [3.63, 3.8) is 0 Å². The Bertz CT molecular complexity index is 574. The van der Waals surface area contributed by atoms with Crippen molar-refractivity contribution in [2.24, 2.45) is 0 Å². The van der Waals surface area contributed by atoms with Gasteiger partial charge in [0, 0.05) is 12.1 Å². The summed E-state index contributed by atoms with van der Waals surface area (Å²) in [5, 5.41) is 23.5. The molecule has 8 heteroatoms. The van der Waals surface area contributed by atoms with Gasteiger partial charge in [0.25, 0.3) is 0 Å². The Kier molecular flexibility index (Phi) is 3.25. The fourth-order valence-corrected chi connectivity index (χ4v) is 1.92.